The number of hydrogen-bond donors (Lipinski definition) is 1. The molecule has 1 aromatic rings. The van der Waals surface area contributed by atoms with Gasteiger partial charge in [0.25, 0.3) is 10.1 Å². The van der Waals surface area contributed by atoms with E-state index in [1.54, 1.807) is 12.1 Å². The number of benzene rings is 1. The van der Waals surface area contributed by atoms with Crippen molar-refractivity contribution in [2.75, 3.05) is 6.61 Å². The van der Waals surface area contributed by atoms with Crippen molar-refractivity contribution in [2.24, 2.45) is 17.3 Å². The molecule has 6 heteroatoms. The van der Waals surface area contributed by atoms with E-state index in [0.29, 0.717) is 12.8 Å². The average molecular weight is 411 g/mol. The molecule has 28 heavy (non-hydrogen) atoms. The van der Waals surface area contributed by atoms with Crippen LogP contribution in [0.2, 0.25) is 0 Å². The first-order valence-corrected chi connectivity index (χ1v) is 11.4. The summed E-state index contributed by atoms with van der Waals surface area (Å²) in [6.45, 7) is 9.38. The fraction of sp³-hybridized carbons (Fsp3) is 0.682. The van der Waals surface area contributed by atoms with Crippen molar-refractivity contribution >= 4 is 15.9 Å². The maximum Gasteiger partial charge on any atom is 0.296 e. The predicted octanol–water partition coefficient (Wildman–Crippen LogP) is 4.26. The molecule has 1 aliphatic carbocycles. The number of carbonyl (C=O) groups excluding carboxylic acids is 1. The Labute approximate surface area is 169 Å². The van der Waals surface area contributed by atoms with Crippen LogP contribution in [-0.4, -0.2) is 31.5 Å². The number of carbonyl (C=O) groups is 1. The summed E-state index contributed by atoms with van der Waals surface area (Å²) >= 11 is 0. The first-order chi connectivity index (χ1) is 12.8. The summed E-state index contributed by atoms with van der Waals surface area (Å²) in [5.74, 6) is -0.537. The lowest BCUT2D eigenvalue weighted by atomic mass is 9.60. The Hall–Kier alpha value is -1.24. The van der Waals surface area contributed by atoms with Gasteiger partial charge in [0.1, 0.15) is 5.78 Å². The second kappa shape index (κ2) is 8.64. The summed E-state index contributed by atoms with van der Waals surface area (Å²) in [6, 6.07) is 6.45. The van der Waals surface area contributed by atoms with Crippen LogP contribution in [-0.2, 0) is 19.1 Å². The molecule has 0 saturated heterocycles. The normalized spacial score (nSPS) is 26.0. The summed E-state index contributed by atoms with van der Waals surface area (Å²) in [4.78, 5) is 12.2. The maximum atomic E-state index is 12.4. The summed E-state index contributed by atoms with van der Waals surface area (Å²) in [6.07, 6.45) is 3.95. The van der Waals surface area contributed by atoms with Crippen LogP contribution in [0.4, 0.5) is 0 Å². The van der Waals surface area contributed by atoms with Gasteiger partial charge in [0, 0.05) is 5.92 Å². The maximum absolute atomic E-state index is 12.4. The van der Waals surface area contributed by atoms with Gasteiger partial charge in [0.15, 0.2) is 0 Å². The van der Waals surface area contributed by atoms with Crippen molar-refractivity contribution in [1.82, 2.24) is 0 Å². The van der Waals surface area contributed by atoms with E-state index >= 15 is 0 Å². The highest BCUT2D eigenvalue weighted by Crippen LogP contribution is 2.48. The molecule has 5 nitrogen and oxygen atoms in total. The van der Waals surface area contributed by atoms with Crippen LogP contribution in [0.15, 0.2) is 29.2 Å². The zero-order valence-electron chi connectivity index (χ0n) is 17.7. The molecule has 3 atom stereocenters. The van der Waals surface area contributed by atoms with Gasteiger partial charge in [0.2, 0.25) is 0 Å². The Kier molecular flexibility index (Phi) is 7.11. The van der Waals surface area contributed by atoms with E-state index in [1.807, 2.05) is 13.8 Å². The molecular weight excluding hydrogens is 376 g/mol. The van der Waals surface area contributed by atoms with Crippen LogP contribution in [0, 0.1) is 24.2 Å². The lowest BCUT2D eigenvalue weighted by molar-refractivity contribution is -0.123. The Morgan fingerprint density at radius 1 is 1.21 bits per heavy atom. The second-order valence-corrected chi connectivity index (χ2v) is 10.8. The Morgan fingerprint density at radius 3 is 2.36 bits per heavy atom. The number of ketones is 1. The molecule has 1 fully saturated rings. The first-order valence-electron chi connectivity index (χ1n) is 10.0. The molecule has 2 rings (SSSR count). The van der Waals surface area contributed by atoms with Gasteiger partial charge in [-0.05, 0) is 69.9 Å². The van der Waals surface area contributed by atoms with Crippen molar-refractivity contribution < 1.29 is 22.5 Å². The summed E-state index contributed by atoms with van der Waals surface area (Å²) < 4.78 is 30.0. The Morgan fingerprint density at radius 2 is 1.82 bits per heavy atom. The number of rotatable bonds is 8. The van der Waals surface area contributed by atoms with Gasteiger partial charge >= 0.3 is 0 Å². The third-order valence-electron chi connectivity index (χ3n) is 6.31. The van der Waals surface area contributed by atoms with Crippen LogP contribution < -0.4 is 0 Å². The molecule has 1 N–H and O–H groups in total. The molecule has 0 bridgehead atoms. The fourth-order valence-electron chi connectivity index (χ4n) is 4.51. The monoisotopic (exact) mass is 410 g/mol. The quantitative estimate of drug-likeness (QED) is 0.648. The zero-order chi connectivity index (χ0) is 21.2. The van der Waals surface area contributed by atoms with Crippen molar-refractivity contribution in [3.05, 3.63) is 29.8 Å². The van der Waals surface area contributed by atoms with Crippen LogP contribution in [0.5, 0.6) is 0 Å². The topological polar surface area (TPSA) is 80.7 Å². The van der Waals surface area contributed by atoms with Crippen molar-refractivity contribution in [3.63, 3.8) is 0 Å². The molecular formula is C22H34O5S. The predicted molar refractivity (Wildman–Crippen MR) is 109 cm³/mol. The van der Waals surface area contributed by atoms with E-state index < -0.39 is 21.6 Å². The molecule has 0 radical (unpaired) electrons. The Bertz CT molecular complexity index is 762. The SMILES string of the molecule is CC(=O)C(CC[C@H]1C(C)(C)CCCC1(C)O)COS(=O)(=O)c1ccc(C)cc1. The van der Waals surface area contributed by atoms with Crippen molar-refractivity contribution in [3.8, 4) is 0 Å². The zero-order valence-corrected chi connectivity index (χ0v) is 18.5. The summed E-state index contributed by atoms with van der Waals surface area (Å²) in [5.41, 5.74) is 0.179. The molecule has 0 aliphatic heterocycles. The van der Waals surface area contributed by atoms with E-state index in [0.717, 1.165) is 24.8 Å². The molecule has 1 aliphatic rings. The van der Waals surface area contributed by atoms with Gasteiger partial charge in [-0.2, -0.15) is 8.42 Å². The van der Waals surface area contributed by atoms with Gasteiger partial charge in [-0.3, -0.25) is 8.98 Å². The molecule has 1 aromatic carbocycles. The third-order valence-corrected chi connectivity index (χ3v) is 7.61. The number of Topliss-reactive ketones (excluding diaryl/α,β-unsaturated/α-hetero) is 1. The smallest absolute Gasteiger partial charge is 0.296 e. The molecule has 0 amide bonds. The minimum Gasteiger partial charge on any atom is -0.390 e. The Balaban J connectivity index is 2.03. The number of hydrogen-bond acceptors (Lipinski definition) is 5. The standard InChI is InChI=1S/C22H34O5S/c1-16-7-10-19(11-8-16)28(25,26)27-15-18(17(2)23)9-12-20-21(3,4)13-6-14-22(20,5)24/h7-8,10-11,18,20,24H,6,9,12-15H2,1-5H3/t18?,20-,22?/m0/s1. The van der Waals surface area contributed by atoms with E-state index in [-0.39, 0.29) is 28.6 Å². The molecule has 0 heterocycles. The van der Waals surface area contributed by atoms with Crippen molar-refractivity contribution in [2.45, 2.75) is 77.2 Å². The fourth-order valence-corrected chi connectivity index (χ4v) is 5.46. The van der Waals surface area contributed by atoms with Gasteiger partial charge in [-0.25, -0.2) is 0 Å². The average Bonchev–Trinajstić information content (AvgIpc) is 2.56. The van der Waals surface area contributed by atoms with E-state index in [4.69, 9.17) is 4.18 Å². The van der Waals surface area contributed by atoms with Gasteiger partial charge in [0.05, 0.1) is 17.1 Å². The number of aliphatic hydroxyl groups is 1. The molecule has 158 valence electrons. The van der Waals surface area contributed by atoms with Crippen LogP contribution >= 0.6 is 0 Å². The van der Waals surface area contributed by atoms with Crippen LogP contribution in [0.3, 0.4) is 0 Å². The second-order valence-electron chi connectivity index (χ2n) is 9.19. The van der Waals surface area contributed by atoms with Gasteiger partial charge in [-0.1, -0.05) is 38.0 Å². The first kappa shape index (κ1) is 23.0. The molecule has 1 saturated carbocycles. The van der Waals surface area contributed by atoms with Crippen molar-refractivity contribution in [1.29, 1.82) is 0 Å². The third kappa shape index (κ3) is 5.65. The lowest BCUT2D eigenvalue weighted by Gasteiger charge is -2.48. The summed E-state index contributed by atoms with van der Waals surface area (Å²) in [5, 5.41) is 10.8. The molecule has 0 spiro atoms. The minimum absolute atomic E-state index is 0.0160. The highest BCUT2D eigenvalue weighted by atomic mass is 32.2. The molecule has 2 unspecified atom stereocenters. The lowest BCUT2D eigenvalue weighted by Crippen LogP contribution is -2.47. The van der Waals surface area contributed by atoms with Gasteiger partial charge in [-0.15, -0.1) is 0 Å². The van der Waals surface area contributed by atoms with E-state index in [1.165, 1.54) is 19.1 Å². The molecule has 0 aromatic heterocycles. The summed E-state index contributed by atoms with van der Waals surface area (Å²) in [7, 11) is -3.90. The minimum atomic E-state index is -3.90. The van der Waals surface area contributed by atoms with Crippen LogP contribution in [0.25, 0.3) is 0 Å². The largest absolute Gasteiger partial charge is 0.390 e. The number of aryl methyl sites for hydroxylation is 1. The van der Waals surface area contributed by atoms with Gasteiger partial charge < -0.3 is 5.11 Å². The highest BCUT2D eigenvalue weighted by molar-refractivity contribution is 7.86. The van der Waals surface area contributed by atoms with Crippen LogP contribution in [0.1, 0.15) is 65.4 Å². The van der Waals surface area contributed by atoms with E-state index in [9.17, 15) is 18.3 Å². The van der Waals surface area contributed by atoms with E-state index in [2.05, 4.69) is 13.8 Å². The highest BCUT2D eigenvalue weighted by Gasteiger charge is 2.45.